The summed E-state index contributed by atoms with van der Waals surface area (Å²) in [6.45, 7) is 2.82. The molecule has 2 atom stereocenters. The summed E-state index contributed by atoms with van der Waals surface area (Å²) in [7, 11) is 0. The number of primary amides is 1. The first kappa shape index (κ1) is 12.3. The number of amides is 1. The number of hydrogen-bond donors (Lipinski definition) is 1. The third-order valence-corrected chi connectivity index (χ3v) is 4.68. The number of carbonyl (C=O) groups is 1. The summed E-state index contributed by atoms with van der Waals surface area (Å²) in [5.74, 6) is 0.632. The van der Waals surface area contributed by atoms with Crippen LogP contribution in [0.1, 0.15) is 19.8 Å². The van der Waals surface area contributed by atoms with Gasteiger partial charge in [-0.3, -0.25) is 4.79 Å². The molecule has 0 saturated carbocycles. The van der Waals surface area contributed by atoms with Crippen molar-refractivity contribution in [1.82, 2.24) is 9.97 Å². The van der Waals surface area contributed by atoms with Crippen molar-refractivity contribution in [3.63, 3.8) is 0 Å². The number of rotatable bonds is 2. The Bertz CT molecular complexity index is 611. The third-order valence-electron chi connectivity index (χ3n) is 3.78. The van der Waals surface area contributed by atoms with Crippen LogP contribution in [0.25, 0.3) is 10.2 Å². The van der Waals surface area contributed by atoms with Gasteiger partial charge in [0.05, 0.1) is 16.1 Å². The Kier molecular flexibility index (Phi) is 3.10. The molecule has 100 valence electrons. The average Bonchev–Trinajstić information content (AvgIpc) is 2.87. The van der Waals surface area contributed by atoms with Crippen LogP contribution in [0.2, 0.25) is 0 Å². The van der Waals surface area contributed by atoms with E-state index in [-0.39, 0.29) is 11.8 Å². The van der Waals surface area contributed by atoms with E-state index >= 15 is 0 Å². The molecule has 3 rings (SSSR count). The minimum Gasteiger partial charge on any atom is -0.369 e. The maximum atomic E-state index is 11.4. The molecule has 0 bridgehead atoms. The van der Waals surface area contributed by atoms with E-state index in [1.165, 1.54) is 0 Å². The molecule has 3 heterocycles. The second-order valence-electron chi connectivity index (χ2n) is 5.01. The van der Waals surface area contributed by atoms with Gasteiger partial charge >= 0.3 is 0 Å². The van der Waals surface area contributed by atoms with Crippen LogP contribution < -0.4 is 10.6 Å². The monoisotopic (exact) mass is 276 g/mol. The van der Waals surface area contributed by atoms with Gasteiger partial charge in [-0.1, -0.05) is 0 Å². The molecule has 0 radical (unpaired) electrons. The number of carbonyl (C=O) groups excluding carboxylic acids is 1. The third kappa shape index (κ3) is 2.16. The summed E-state index contributed by atoms with van der Waals surface area (Å²) in [6.07, 6.45) is 3.42. The zero-order valence-corrected chi connectivity index (χ0v) is 11.6. The molecule has 1 saturated heterocycles. The molecule has 1 aliphatic heterocycles. The van der Waals surface area contributed by atoms with E-state index in [0.717, 1.165) is 28.9 Å². The average molecular weight is 276 g/mol. The lowest BCUT2D eigenvalue weighted by Gasteiger charge is -2.37. The number of fused-ring (bicyclic) bond motifs is 1. The van der Waals surface area contributed by atoms with Gasteiger partial charge in [0.15, 0.2) is 0 Å². The summed E-state index contributed by atoms with van der Waals surface area (Å²) in [5.41, 5.74) is 6.41. The molecule has 2 unspecified atom stereocenters. The molecular formula is C13H16N4OS. The van der Waals surface area contributed by atoms with Crippen molar-refractivity contribution in [2.75, 3.05) is 11.4 Å². The van der Waals surface area contributed by atoms with Crippen LogP contribution in [0.15, 0.2) is 17.8 Å². The van der Waals surface area contributed by atoms with Crippen molar-refractivity contribution in [3.8, 4) is 0 Å². The number of anilines is 1. The zero-order chi connectivity index (χ0) is 13.4. The minimum atomic E-state index is -0.214. The zero-order valence-electron chi connectivity index (χ0n) is 10.7. The van der Waals surface area contributed by atoms with Gasteiger partial charge in [-0.15, -0.1) is 11.3 Å². The van der Waals surface area contributed by atoms with Gasteiger partial charge < -0.3 is 10.6 Å². The molecule has 1 amide bonds. The van der Waals surface area contributed by atoms with Crippen molar-refractivity contribution in [3.05, 3.63) is 17.8 Å². The number of nitrogens with two attached hydrogens (primary N) is 1. The van der Waals surface area contributed by atoms with Gasteiger partial charge in [0.2, 0.25) is 5.91 Å². The molecule has 5 nitrogen and oxygen atoms in total. The maximum absolute atomic E-state index is 11.4. The van der Waals surface area contributed by atoms with E-state index in [1.807, 2.05) is 11.4 Å². The Balaban J connectivity index is 1.99. The van der Waals surface area contributed by atoms with Crippen LogP contribution in [-0.4, -0.2) is 28.5 Å². The fourth-order valence-electron chi connectivity index (χ4n) is 2.61. The van der Waals surface area contributed by atoms with Crippen molar-refractivity contribution >= 4 is 33.3 Å². The van der Waals surface area contributed by atoms with Crippen LogP contribution in [0.5, 0.6) is 0 Å². The number of hydrogen-bond acceptors (Lipinski definition) is 5. The Labute approximate surface area is 115 Å². The first-order valence-corrected chi connectivity index (χ1v) is 7.29. The van der Waals surface area contributed by atoms with E-state index in [0.29, 0.717) is 12.6 Å². The molecule has 2 aromatic rings. The summed E-state index contributed by atoms with van der Waals surface area (Å²) >= 11 is 1.64. The number of thiophene rings is 1. The SMILES string of the molecule is CC1CCC(C(N)=O)CN1c1ncnc2ccsc12. The molecule has 2 N–H and O–H groups in total. The molecular weight excluding hydrogens is 260 g/mol. The predicted octanol–water partition coefficient (Wildman–Crippen LogP) is 1.78. The predicted molar refractivity (Wildman–Crippen MR) is 76.1 cm³/mol. The van der Waals surface area contributed by atoms with Gasteiger partial charge in [0.25, 0.3) is 0 Å². The minimum absolute atomic E-state index is 0.0822. The molecule has 1 aliphatic rings. The fraction of sp³-hybridized carbons (Fsp3) is 0.462. The van der Waals surface area contributed by atoms with E-state index < -0.39 is 0 Å². The Morgan fingerprint density at radius 1 is 1.47 bits per heavy atom. The maximum Gasteiger partial charge on any atom is 0.222 e. The van der Waals surface area contributed by atoms with Gasteiger partial charge in [-0.05, 0) is 31.2 Å². The quantitative estimate of drug-likeness (QED) is 0.907. The summed E-state index contributed by atoms with van der Waals surface area (Å²) < 4.78 is 1.08. The van der Waals surface area contributed by atoms with Crippen molar-refractivity contribution in [1.29, 1.82) is 0 Å². The van der Waals surface area contributed by atoms with E-state index in [9.17, 15) is 4.79 Å². The van der Waals surface area contributed by atoms with E-state index in [4.69, 9.17) is 5.73 Å². The molecule has 0 aliphatic carbocycles. The van der Waals surface area contributed by atoms with Crippen molar-refractivity contribution in [2.24, 2.45) is 11.7 Å². The summed E-state index contributed by atoms with van der Waals surface area (Å²) in [5, 5.41) is 2.02. The molecule has 6 heteroatoms. The number of piperidine rings is 1. The van der Waals surface area contributed by atoms with Gasteiger partial charge in [0, 0.05) is 12.6 Å². The normalized spacial score (nSPS) is 23.7. The molecule has 1 fully saturated rings. The highest BCUT2D eigenvalue weighted by Gasteiger charge is 2.30. The summed E-state index contributed by atoms with van der Waals surface area (Å²) in [4.78, 5) is 22.3. The number of aromatic nitrogens is 2. The first-order valence-electron chi connectivity index (χ1n) is 6.41. The highest BCUT2D eigenvalue weighted by Crippen LogP contribution is 2.33. The van der Waals surface area contributed by atoms with E-state index in [2.05, 4.69) is 21.8 Å². The Hall–Kier alpha value is -1.69. The van der Waals surface area contributed by atoms with Gasteiger partial charge in [0.1, 0.15) is 12.1 Å². The van der Waals surface area contributed by atoms with Crippen LogP contribution in [0, 0.1) is 5.92 Å². The largest absolute Gasteiger partial charge is 0.369 e. The smallest absolute Gasteiger partial charge is 0.222 e. The molecule has 19 heavy (non-hydrogen) atoms. The Morgan fingerprint density at radius 3 is 3.11 bits per heavy atom. The lowest BCUT2D eigenvalue weighted by Crippen LogP contribution is -2.46. The highest BCUT2D eigenvalue weighted by atomic mass is 32.1. The van der Waals surface area contributed by atoms with Gasteiger partial charge in [-0.2, -0.15) is 0 Å². The first-order chi connectivity index (χ1) is 9.16. The second kappa shape index (κ2) is 4.77. The Morgan fingerprint density at radius 2 is 2.32 bits per heavy atom. The molecule has 0 spiro atoms. The fourth-order valence-corrected chi connectivity index (χ4v) is 3.46. The molecule has 2 aromatic heterocycles. The standard InChI is InChI=1S/C13H16N4OS/c1-8-2-3-9(12(14)18)6-17(8)13-11-10(4-5-19-11)15-7-16-13/h4-5,7-9H,2-3,6H2,1H3,(H2,14,18). The van der Waals surface area contributed by atoms with Crippen molar-refractivity contribution in [2.45, 2.75) is 25.8 Å². The van der Waals surface area contributed by atoms with Crippen LogP contribution >= 0.6 is 11.3 Å². The number of nitrogens with zero attached hydrogens (tertiary/aromatic N) is 3. The summed E-state index contributed by atoms with van der Waals surface area (Å²) in [6, 6.07) is 2.36. The second-order valence-corrected chi connectivity index (χ2v) is 5.93. The lowest BCUT2D eigenvalue weighted by molar-refractivity contribution is -0.122. The van der Waals surface area contributed by atoms with Crippen LogP contribution in [-0.2, 0) is 4.79 Å². The highest BCUT2D eigenvalue weighted by molar-refractivity contribution is 7.17. The van der Waals surface area contributed by atoms with Gasteiger partial charge in [-0.25, -0.2) is 9.97 Å². The van der Waals surface area contributed by atoms with Crippen LogP contribution in [0.4, 0.5) is 5.82 Å². The topological polar surface area (TPSA) is 72.1 Å². The van der Waals surface area contributed by atoms with Crippen LogP contribution in [0.3, 0.4) is 0 Å². The lowest BCUT2D eigenvalue weighted by atomic mass is 9.93. The van der Waals surface area contributed by atoms with Crippen molar-refractivity contribution < 1.29 is 4.79 Å². The van der Waals surface area contributed by atoms with E-state index in [1.54, 1.807) is 17.7 Å². The molecule has 0 aromatic carbocycles.